The van der Waals surface area contributed by atoms with Gasteiger partial charge in [-0.1, -0.05) is 38.0 Å². The molecule has 1 aliphatic heterocycles. The first-order valence-corrected chi connectivity index (χ1v) is 16.5. The molecule has 15 atom stereocenters. The predicted molar refractivity (Wildman–Crippen MR) is 160 cm³/mol. The van der Waals surface area contributed by atoms with Gasteiger partial charge in [-0.3, -0.25) is 0 Å². The second-order valence-electron chi connectivity index (χ2n) is 15.2. The number of aliphatic hydroxyl groups is 7. The summed E-state index contributed by atoms with van der Waals surface area (Å²) in [5, 5.41) is 72.7. The van der Waals surface area contributed by atoms with Crippen molar-refractivity contribution in [3.8, 4) is 0 Å². The highest BCUT2D eigenvalue weighted by Crippen LogP contribution is 2.67. The van der Waals surface area contributed by atoms with Gasteiger partial charge in [-0.2, -0.15) is 0 Å². The summed E-state index contributed by atoms with van der Waals surface area (Å²) in [6.07, 6.45) is 1.43. The number of ether oxygens (including phenoxy) is 2. The van der Waals surface area contributed by atoms with E-state index in [4.69, 9.17) is 9.47 Å². The molecule has 43 heavy (non-hydrogen) atoms. The molecular formula is C34H56O9. The normalized spacial score (nSPS) is 48.4. The van der Waals surface area contributed by atoms with E-state index in [-0.39, 0.29) is 23.4 Å². The molecule has 7 N–H and O–H groups in total. The topological polar surface area (TPSA) is 160 Å². The molecule has 3 saturated carbocycles. The fraction of sp³-hybridized carbons (Fsp3) is 0.882. The Morgan fingerprint density at radius 1 is 1.00 bits per heavy atom. The fourth-order valence-electron chi connectivity index (χ4n) is 10.1. The van der Waals surface area contributed by atoms with Crippen LogP contribution in [0.5, 0.6) is 0 Å². The number of aliphatic hydroxyl groups excluding tert-OH is 7. The summed E-state index contributed by atoms with van der Waals surface area (Å²) < 4.78 is 11.2. The van der Waals surface area contributed by atoms with E-state index in [1.54, 1.807) is 0 Å². The van der Waals surface area contributed by atoms with Gasteiger partial charge in [-0.25, -0.2) is 0 Å². The largest absolute Gasteiger partial charge is 0.394 e. The average Bonchev–Trinajstić information content (AvgIpc) is 3.32. The highest BCUT2D eigenvalue weighted by Gasteiger charge is 2.61. The van der Waals surface area contributed by atoms with Crippen LogP contribution < -0.4 is 0 Å². The summed E-state index contributed by atoms with van der Waals surface area (Å²) in [5.41, 5.74) is 3.05. The molecule has 4 fully saturated rings. The number of fused-ring (bicyclic) bond motifs is 5. The van der Waals surface area contributed by atoms with Gasteiger partial charge >= 0.3 is 0 Å². The van der Waals surface area contributed by atoms with Gasteiger partial charge in [-0.15, -0.1) is 0 Å². The van der Waals surface area contributed by atoms with Crippen molar-refractivity contribution in [2.45, 2.75) is 135 Å². The van der Waals surface area contributed by atoms with E-state index in [0.29, 0.717) is 42.9 Å². The van der Waals surface area contributed by atoms with E-state index in [1.807, 2.05) is 13.8 Å². The molecule has 4 aliphatic carbocycles. The maximum Gasteiger partial charge on any atom is 0.187 e. The van der Waals surface area contributed by atoms with Crippen LogP contribution in [0.3, 0.4) is 0 Å². The SMILES string of the molecule is CC(COC1OC(CO)C(O)C(O)C1O)=C(C)CC(O)C(C)C1CCC2C3CC=C4CC(O)CC(O)C4(C)C3CCC12C. The molecular weight excluding hydrogens is 552 g/mol. The van der Waals surface area contributed by atoms with Gasteiger partial charge < -0.3 is 45.2 Å². The molecule has 0 aromatic heterocycles. The minimum absolute atomic E-state index is 0.112. The molecule has 5 aliphatic rings. The Bertz CT molecular complexity index is 1060. The van der Waals surface area contributed by atoms with Crippen LogP contribution in [0.4, 0.5) is 0 Å². The van der Waals surface area contributed by atoms with Gasteiger partial charge in [0.1, 0.15) is 24.4 Å². The average molecular weight is 609 g/mol. The Balaban J connectivity index is 1.21. The Hall–Kier alpha value is -0.880. The Kier molecular flexibility index (Phi) is 9.91. The predicted octanol–water partition coefficient (Wildman–Crippen LogP) is 2.44. The lowest BCUT2D eigenvalue weighted by atomic mass is 9.46. The lowest BCUT2D eigenvalue weighted by Gasteiger charge is -2.59. The van der Waals surface area contributed by atoms with Crippen molar-refractivity contribution in [3.05, 3.63) is 22.8 Å². The number of allylic oxidation sites excluding steroid dienone is 1. The van der Waals surface area contributed by atoms with Crippen molar-refractivity contribution in [1.29, 1.82) is 0 Å². The molecule has 0 amide bonds. The molecule has 0 aromatic rings. The fourth-order valence-corrected chi connectivity index (χ4v) is 10.1. The molecule has 5 rings (SSSR count). The van der Waals surface area contributed by atoms with Gasteiger partial charge in [-0.05, 0) is 99.4 Å². The molecule has 1 heterocycles. The molecule has 0 bridgehead atoms. The Labute approximate surface area is 256 Å². The zero-order chi connectivity index (χ0) is 31.4. The first-order chi connectivity index (χ1) is 20.2. The van der Waals surface area contributed by atoms with Crippen molar-refractivity contribution in [2.24, 2.45) is 40.4 Å². The van der Waals surface area contributed by atoms with Crippen LogP contribution >= 0.6 is 0 Å². The lowest BCUT2D eigenvalue weighted by Crippen LogP contribution is -2.59. The zero-order valence-electron chi connectivity index (χ0n) is 26.6. The minimum Gasteiger partial charge on any atom is -0.394 e. The summed E-state index contributed by atoms with van der Waals surface area (Å²) in [6, 6.07) is 0. The van der Waals surface area contributed by atoms with Crippen LogP contribution in [0, 0.1) is 40.4 Å². The van der Waals surface area contributed by atoms with Gasteiger partial charge in [0.05, 0.1) is 31.5 Å². The molecule has 0 spiro atoms. The van der Waals surface area contributed by atoms with Gasteiger partial charge in [0.2, 0.25) is 0 Å². The first-order valence-electron chi connectivity index (χ1n) is 16.5. The third-order valence-corrected chi connectivity index (χ3v) is 13.1. The smallest absolute Gasteiger partial charge is 0.187 e. The van der Waals surface area contributed by atoms with Crippen molar-refractivity contribution in [1.82, 2.24) is 0 Å². The van der Waals surface area contributed by atoms with Crippen molar-refractivity contribution >= 4 is 0 Å². The maximum atomic E-state index is 11.5. The molecule has 9 nitrogen and oxygen atoms in total. The standard InChI is InChI=1S/C34H56O9/c1-17(18(2)16-42-32-31(41)30(40)29(39)27(15-35)43-32)12-26(37)19(3)23-8-9-24-22-7-6-20-13-21(36)14-28(38)34(20,5)25(22)10-11-33(23,24)4/h6,19,21-32,35-41H,7-16H2,1-5H3. The Morgan fingerprint density at radius 3 is 2.42 bits per heavy atom. The number of hydrogen-bond acceptors (Lipinski definition) is 9. The molecule has 0 aromatic carbocycles. The Morgan fingerprint density at radius 2 is 1.72 bits per heavy atom. The molecule has 246 valence electrons. The number of rotatable bonds is 8. The summed E-state index contributed by atoms with van der Waals surface area (Å²) in [7, 11) is 0. The van der Waals surface area contributed by atoms with Crippen LogP contribution in [-0.4, -0.2) is 98.0 Å². The van der Waals surface area contributed by atoms with E-state index in [0.717, 1.165) is 43.3 Å². The van der Waals surface area contributed by atoms with Gasteiger partial charge in [0.25, 0.3) is 0 Å². The van der Waals surface area contributed by atoms with Crippen LogP contribution in [0.25, 0.3) is 0 Å². The summed E-state index contributed by atoms with van der Waals surface area (Å²) in [4.78, 5) is 0. The van der Waals surface area contributed by atoms with E-state index >= 15 is 0 Å². The number of hydrogen-bond donors (Lipinski definition) is 7. The highest BCUT2D eigenvalue weighted by molar-refractivity contribution is 5.27. The van der Waals surface area contributed by atoms with Crippen molar-refractivity contribution in [2.75, 3.05) is 13.2 Å². The molecule has 15 unspecified atom stereocenters. The van der Waals surface area contributed by atoms with Crippen molar-refractivity contribution < 1.29 is 45.2 Å². The van der Waals surface area contributed by atoms with Gasteiger partial charge in [0.15, 0.2) is 6.29 Å². The lowest BCUT2D eigenvalue weighted by molar-refractivity contribution is -0.299. The molecule has 0 radical (unpaired) electrons. The summed E-state index contributed by atoms with van der Waals surface area (Å²) in [5.74, 6) is 2.04. The first kappa shape index (κ1) is 33.5. The monoisotopic (exact) mass is 608 g/mol. The van der Waals surface area contributed by atoms with E-state index in [1.165, 1.54) is 5.57 Å². The van der Waals surface area contributed by atoms with Crippen LogP contribution in [0.15, 0.2) is 22.8 Å². The molecule has 9 heteroatoms. The van der Waals surface area contributed by atoms with Crippen LogP contribution in [0.2, 0.25) is 0 Å². The summed E-state index contributed by atoms with van der Waals surface area (Å²) >= 11 is 0. The van der Waals surface area contributed by atoms with E-state index in [2.05, 4.69) is 26.8 Å². The van der Waals surface area contributed by atoms with Crippen LogP contribution in [0.1, 0.15) is 86.0 Å². The zero-order valence-corrected chi connectivity index (χ0v) is 26.6. The van der Waals surface area contributed by atoms with Crippen LogP contribution in [-0.2, 0) is 9.47 Å². The third kappa shape index (κ3) is 5.80. The molecule has 1 saturated heterocycles. The second kappa shape index (κ2) is 12.7. The maximum absolute atomic E-state index is 11.5. The highest BCUT2D eigenvalue weighted by atomic mass is 16.7. The van der Waals surface area contributed by atoms with Gasteiger partial charge in [0, 0.05) is 11.8 Å². The second-order valence-corrected chi connectivity index (χ2v) is 15.2. The third-order valence-electron chi connectivity index (χ3n) is 13.1. The quantitative estimate of drug-likeness (QED) is 0.205. The van der Waals surface area contributed by atoms with E-state index < -0.39 is 55.6 Å². The van der Waals surface area contributed by atoms with E-state index in [9.17, 15) is 35.7 Å². The summed E-state index contributed by atoms with van der Waals surface area (Å²) in [6.45, 7) is 10.4. The van der Waals surface area contributed by atoms with Crippen molar-refractivity contribution in [3.63, 3.8) is 0 Å². The minimum atomic E-state index is -1.48.